The molecule has 1 rings (SSSR count). The molecular weight excluding hydrogens is 242 g/mol. The molecule has 0 saturated heterocycles. The van der Waals surface area contributed by atoms with Gasteiger partial charge in [-0.1, -0.05) is 6.92 Å². The summed E-state index contributed by atoms with van der Waals surface area (Å²) in [6.07, 6.45) is 0.343. The van der Waals surface area contributed by atoms with Crippen LogP contribution in [0.5, 0.6) is 0 Å². The number of carbonyl (C=O) groups is 1. The van der Waals surface area contributed by atoms with Gasteiger partial charge in [-0.2, -0.15) is 10.5 Å². The molecule has 0 aliphatic heterocycles. The molecule has 0 radical (unpaired) electrons. The Balaban J connectivity index is 2.71. The lowest BCUT2D eigenvalue weighted by atomic mass is 10.1. The molecule has 0 fully saturated rings. The molecule has 0 aliphatic rings. The van der Waals surface area contributed by atoms with Crippen molar-refractivity contribution in [1.29, 1.82) is 10.5 Å². The summed E-state index contributed by atoms with van der Waals surface area (Å²) in [6.45, 7) is 2.44. The fourth-order valence-corrected chi connectivity index (χ4v) is 1.68. The number of anilines is 1. The van der Waals surface area contributed by atoms with Crippen molar-refractivity contribution in [2.24, 2.45) is 5.92 Å². The Hall–Kier alpha value is -2.37. The van der Waals surface area contributed by atoms with E-state index in [0.29, 0.717) is 24.3 Å². The Kier molecular flexibility index (Phi) is 5.53. The number of methoxy groups -OCH3 is 1. The van der Waals surface area contributed by atoms with Crippen molar-refractivity contribution in [3.63, 3.8) is 0 Å². The van der Waals surface area contributed by atoms with Crippen molar-refractivity contribution in [3.8, 4) is 12.1 Å². The van der Waals surface area contributed by atoms with Crippen molar-refractivity contribution < 1.29 is 9.53 Å². The van der Waals surface area contributed by atoms with Crippen molar-refractivity contribution >= 4 is 11.6 Å². The summed E-state index contributed by atoms with van der Waals surface area (Å²) in [7, 11) is 1.59. The number of ether oxygens (including phenoxy) is 1. The highest BCUT2D eigenvalue weighted by Crippen LogP contribution is 2.15. The van der Waals surface area contributed by atoms with E-state index in [-0.39, 0.29) is 17.4 Å². The van der Waals surface area contributed by atoms with E-state index in [4.69, 9.17) is 15.3 Å². The van der Waals surface area contributed by atoms with Gasteiger partial charge in [0.25, 0.3) is 0 Å². The summed E-state index contributed by atoms with van der Waals surface area (Å²) >= 11 is 0. The largest absolute Gasteiger partial charge is 0.384 e. The second-order valence-electron chi connectivity index (χ2n) is 4.30. The number of nitrogens with zero attached hydrogens (tertiary/aromatic N) is 2. The molecule has 0 bridgehead atoms. The minimum absolute atomic E-state index is 0.124. The van der Waals surface area contributed by atoms with E-state index in [2.05, 4.69) is 5.32 Å². The van der Waals surface area contributed by atoms with Gasteiger partial charge in [0.1, 0.15) is 12.1 Å². The van der Waals surface area contributed by atoms with Gasteiger partial charge in [0, 0.05) is 25.8 Å². The van der Waals surface area contributed by atoms with Gasteiger partial charge in [0.05, 0.1) is 11.1 Å². The number of amides is 1. The average molecular weight is 257 g/mol. The Bertz CT molecular complexity index is 541. The van der Waals surface area contributed by atoms with Crippen LogP contribution in [0.2, 0.25) is 0 Å². The van der Waals surface area contributed by atoms with Crippen LogP contribution in [0, 0.1) is 28.6 Å². The number of nitrogens with one attached hydrogen (secondary N) is 1. The first-order chi connectivity index (χ1) is 9.10. The van der Waals surface area contributed by atoms with Gasteiger partial charge in [-0.25, -0.2) is 0 Å². The normalized spacial score (nSPS) is 11.2. The molecule has 0 heterocycles. The monoisotopic (exact) mass is 257 g/mol. The van der Waals surface area contributed by atoms with Gasteiger partial charge < -0.3 is 10.1 Å². The lowest BCUT2D eigenvalue weighted by Gasteiger charge is -2.10. The van der Waals surface area contributed by atoms with Gasteiger partial charge >= 0.3 is 0 Å². The standard InChI is InChI=1S/C14H15N3O2/c1-10(9-19-2)5-14(18)17-13-4-3-11(7-15)12(6-13)8-16/h3-4,6,10H,5,9H2,1-2H3,(H,17,18). The SMILES string of the molecule is COCC(C)CC(=O)Nc1ccc(C#N)c(C#N)c1. The fraction of sp³-hybridized carbons (Fsp3) is 0.357. The van der Waals surface area contributed by atoms with Crippen LogP contribution in [0.1, 0.15) is 24.5 Å². The van der Waals surface area contributed by atoms with Crippen LogP contribution < -0.4 is 5.32 Å². The quantitative estimate of drug-likeness (QED) is 0.874. The maximum absolute atomic E-state index is 11.7. The van der Waals surface area contributed by atoms with Crippen LogP contribution in [0.4, 0.5) is 5.69 Å². The van der Waals surface area contributed by atoms with E-state index >= 15 is 0 Å². The van der Waals surface area contributed by atoms with Gasteiger partial charge in [-0.05, 0) is 24.1 Å². The molecule has 1 amide bonds. The first-order valence-electron chi connectivity index (χ1n) is 5.83. The molecule has 0 spiro atoms. The molecule has 0 aliphatic carbocycles. The summed E-state index contributed by atoms with van der Waals surface area (Å²) in [4.78, 5) is 11.7. The molecule has 5 nitrogen and oxygen atoms in total. The Morgan fingerprint density at radius 2 is 2.05 bits per heavy atom. The number of rotatable bonds is 5. The summed E-state index contributed by atoms with van der Waals surface area (Å²) in [5, 5.41) is 20.4. The van der Waals surface area contributed by atoms with E-state index in [1.54, 1.807) is 13.2 Å². The summed E-state index contributed by atoms with van der Waals surface area (Å²) in [5.74, 6) is -0.0167. The van der Waals surface area contributed by atoms with E-state index < -0.39 is 0 Å². The molecule has 1 N–H and O–H groups in total. The predicted octanol–water partition coefficient (Wildman–Crippen LogP) is 2.04. The molecule has 1 atom stereocenters. The van der Waals surface area contributed by atoms with Crippen LogP contribution in [0.25, 0.3) is 0 Å². The van der Waals surface area contributed by atoms with E-state index in [1.807, 2.05) is 19.1 Å². The van der Waals surface area contributed by atoms with Crippen LogP contribution in [0.15, 0.2) is 18.2 Å². The highest BCUT2D eigenvalue weighted by Gasteiger charge is 2.10. The topological polar surface area (TPSA) is 85.9 Å². The van der Waals surface area contributed by atoms with Crippen LogP contribution in [-0.2, 0) is 9.53 Å². The molecule has 0 saturated carbocycles. The third kappa shape index (κ3) is 4.42. The fourth-order valence-electron chi connectivity index (χ4n) is 1.68. The molecule has 1 aromatic carbocycles. The minimum Gasteiger partial charge on any atom is -0.384 e. The Labute approximate surface area is 112 Å². The van der Waals surface area contributed by atoms with Gasteiger partial charge in [0.2, 0.25) is 5.91 Å². The van der Waals surface area contributed by atoms with E-state index in [1.165, 1.54) is 12.1 Å². The van der Waals surface area contributed by atoms with Gasteiger partial charge in [-0.15, -0.1) is 0 Å². The summed E-state index contributed by atoms with van der Waals surface area (Å²) < 4.78 is 4.96. The lowest BCUT2D eigenvalue weighted by molar-refractivity contribution is -0.117. The van der Waals surface area contributed by atoms with Crippen LogP contribution in [0.3, 0.4) is 0 Å². The number of hydrogen-bond donors (Lipinski definition) is 1. The second-order valence-corrected chi connectivity index (χ2v) is 4.30. The Morgan fingerprint density at radius 1 is 1.37 bits per heavy atom. The molecule has 0 aromatic heterocycles. The maximum atomic E-state index is 11.7. The number of carbonyl (C=O) groups excluding carboxylic acids is 1. The zero-order valence-electron chi connectivity index (χ0n) is 10.9. The molecule has 98 valence electrons. The summed E-state index contributed by atoms with van der Waals surface area (Å²) in [6, 6.07) is 8.48. The van der Waals surface area contributed by atoms with Crippen molar-refractivity contribution in [3.05, 3.63) is 29.3 Å². The number of hydrogen-bond acceptors (Lipinski definition) is 4. The van der Waals surface area contributed by atoms with E-state index in [9.17, 15) is 4.79 Å². The highest BCUT2D eigenvalue weighted by atomic mass is 16.5. The second kappa shape index (κ2) is 7.15. The minimum atomic E-state index is -0.141. The number of nitriles is 2. The average Bonchev–Trinajstić information content (AvgIpc) is 2.38. The molecule has 1 aromatic rings. The zero-order valence-corrected chi connectivity index (χ0v) is 10.9. The summed E-state index contributed by atoms with van der Waals surface area (Å²) in [5.41, 5.74) is 1.07. The maximum Gasteiger partial charge on any atom is 0.224 e. The lowest BCUT2D eigenvalue weighted by Crippen LogP contribution is -2.17. The Morgan fingerprint density at radius 3 is 2.63 bits per heavy atom. The zero-order chi connectivity index (χ0) is 14.3. The third-order valence-electron chi connectivity index (χ3n) is 2.53. The van der Waals surface area contributed by atoms with Crippen molar-refractivity contribution in [1.82, 2.24) is 0 Å². The molecule has 5 heteroatoms. The third-order valence-corrected chi connectivity index (χ3v) is 2.53. The molecular formula is C14H15N3O2. The smallest absolute Gasteiger partial charge is 0.224 e. The molecule has 1 unspecified atom stereocenters. The first-order valence-corrected chi connectivity index (χ1v) is 5.83. The van der Waals surface area contributed by atoms with Crippen LogP contribution in [-0.4, -0.2) is 19.6 Å². The van der Waals surface area contributed by atoms with Gasteiger partial charge in [0.15, 0.2) is 0 Å². The molecule has 19 heavy (non-hydrogen) atoms. The predicted molar refractivity (Wildman–Crippen MR) is 70.2 cm³/mol. The number of benzene rings is 1. The van der Waals surface area contributed by atoms with Crippen molar-refractivity contribution in [2.45, 2.75) is 13.3 Å². The van der Waals surface area contributed by atoms with Gasteiger partial charge in [-0.3, -0.25) is 4.79 Å². The van der Waals surface area contributed by atoms with Crippen LogP contribution >= 0.6 is 0 Å². The highest BCUT2D eigenvalue weighted by molar-refractivity contribution is 5.91. The van der Waals surface area contributed by atoms with Crippen molar-refractivity contribution in [2.75, 3.05) is 19.0 Å². The first kappa shape index (κ1) is 14.7. The van der Waals surface area contributed by atoms with E-state index in [0.717, 1.165) is 0 Å².